The van der Waals surface area contributed by atoms with Crippen LogP contribution in [0.25, 0.3) is 11.6 Å². The Morgan fingerprint density at radius 2 is 1.96 bits per heavy atom. The monoisotopic (exact) mass is 391 g/mol. The van der Waals surface area contributed by atoms with Gasteiger partial charge in [-0.2, -0.15) is 4.31 Å². The second-order valence-corrected chi connectivity index (χ2v) is 8.21. The predicted molar refractivity (Wildman–Crippen MR) is 92.9 cm³/mol. The van der Waals surface area contributed by atoms with Gasteiger partial charge in [0.2, 0.25) is 15.9 Å². The van der Waals surface area contributed by atoms with E-state index in [0.717, 1.165) is 0 Å². The summed E-state index contributed by atoms with van der Waals surface area (Å²) in [5.41, 5.74) is 0.481. The maximum Gasteiger partial charge on any atom is 0.267 e. The number of sulfonamides is 1. The average Bonchev–Trinajstić information content (AvgIpc) is 3.33. The lowest BCUT2D eigenvalue weighted by Gasteiger charge is -2.16. The lowest BCUT2D eigenvalue weighted by Crippen LogP contribution is -2.28. The normalized spacial score (nSPS) is 18.3. The van der Waals surface area contributed by atoms with E-state index in [4.69, 9.17) is 16.0 Å². The highest BCUT2D eigenvalue weighted by Gasteiger charge is 2.35. The minimum absolute atomic E-state index is 0.157. The first kappa shape index (κ1) is 17.1. The van der Waals surface area contributed by atoms with Gasteiger partial charge in [0.1, 0.15) is 5.69 Å². The highest BCUT2D eigenvalue weighted by Crippen LogP contribution is 2.31. The molecule has 0 unspecified atom stereocenters. The topological polar surface area (TPSA) is 102 Å². The Balaban J connectivity index is 1.52. The Morgan fingerprint density at radius 1 is 1.15 bits per heavy atom. The third-order valence-corrected chi connectivity index (χ3v) is 6.31. The van der Waals surface area contributed by atoms with Gasteiger partial charge in [-0.25, -0.2) is 13.4 Å². The van der Waals surface area contributed by atoms with Crippen molar-refractivity contribution in [2.24, 2.45) is 0 Å². The standard InChI is InChI=1S/C16H14ClN5O3S/c17-12-1-3-13(4-2-12)26(23,24)22-8-5-11(10-22)15-20-21-16(25-15)14-9-18-6-7-19-14/h1-4,6-7,9,11H,5,8,10H2/t11-/m1/s1. The van der Waals surface area contributed by atoms with Crippen LogP contribution in [0, 0.1) is 0 Å². The molecule has 4 rings (SSSR count). The minimum Gasteiger partial charge on any atom is -0.419 e. The molecule has 134 valence electrons. The van der Waals surface area contributed by atoms with Crippen LogP contribution in [0.15, 0.2) is 52.2 Å². The van der Waals surface area contributed by atoms with Crippen LogP contribution in [0.2, 0.25) is 5.02 Å². The molecule has 0 bridgehead atoms. The Bertz CT molecular complexity index is 1010. The van der Waals surface area contributed by atoms with Crippen LogP contribution in [0.1, 0.15) is 18.2 Å². The zero-order valence-electron chi connectivity index (χ0n) is 13.5. The SMILES string of the molecule is O=S(=O)(c1ccc(Cl)cc1)N1CC[C@@H](c2nnc(-c3cnccn3)o2)C1. The molecule has 2 aromatic heterocycles. The third kappa shape index (κ3) is 3.20. The molecule has 0 saturated carbocycles. The van der Waals surface area contributed by atoms with Crippen LogP contribution in [-0.2, 0) is 10.0 Å². The van der Waals surface area contributed by atoms with E-state index in [1.165, 1.54) is 28.8 Å². The van der Waals surface area contributed by atoms with E-state index in [1.54, 1.807) is 18.3 Å². The van der Waals surface area contributed by atoms with Gasteiger partial charge in [0.25, 0.3) is 5.89 Å². The highest BCUT2D eigenvalue weighted by molar-refractivity contribution is 7.89. The maximum atomic E-state index is 12.7. The molecule has 3 heterocycles. The Hall–Kier alpha value is -2.36. The zero-order chi connectivity index (χ0) is 18.1. The molecule has 1 aliphatic rings. The molecule has 1 aromatic carbocycles. The molecule has 0 radical (unpaired) electrons. The van der Waals surface area contributed by atoms with Crippen molar-refractivity contribution in [2.75, 3.05) is 13.1 Å². The predicted octanol–water partition coefficient (Wildman–Crippen LogP) is 2.36. The number of halogens is 1. The molecule has 1 aliphatic heterocycles. The summed E-state index contributed by atoms with van der Waals surface area (Å²) >= 11 is 5.83. The summed E-state index contributed by atoms with van der Waals surface area (Å²) in [6, 6.07) is 6.13. The first-order valence-electron chi connectivity index (χ1n) is 7.89. The molecule has 26 heavy (non-hydrogen) atoms. The van der Waals surface area contributed by atoms with Gasteiger partial charge in [-0.1, -0.05) is 11.6 Å². The Morgan fingerprint density at radius 3 is 2.69 bits per heavy atom. The third-order valence-electron chi connectivity index (χ3n) is 4.17. The van der Waals surface area contributed by atoms with Gasteiger partial charge < -0.3 is 4.42 Å². The highest BCUT2D eigenvalue weighted by atomic mass is 35.5. The van der Waals surface area contributed by atoms with Gasteiger partial charge >= 0.3 is 0 Å². The van der Waals surface area contributed by atoms with Crippen molar-refractivity contribution in [3.8, 4) is 11.6 Å². The molecule has 0 N–H and O–H groups in total. The summed E-state index contributed by atoms with van der Waals surface area (Å²) in [6.07, 6.45) is 5.23. The van der Waals surface area contributed by atoms with E-state index in [1.807, 2.05) is 0 Å². The van der Waals surface area contributed by atoms with Gasteiger partial charge in [-0.05, 0) is 30.7 Å². The van der Waals surface area contributed by atoms with Crippen molar-refractivity contribution >= 4 is 21.6 Å². The number of hydrogen-bond donors (Lipinski definition) is 0. The molecule has 1 fully saturated rings. The van der Waals surface area contributed by atoms with E-state index in [2.05, 4.69) is 20.2 Å². The summed E-state index contributed by atoms with van der Waals surface area (Å²) in [4.78, 5) is 8.29. The summed E-state index contributed by atoms with van der Waals surface area (Å²) < 4.78 is 32.6. The van der Waals surface area contributed by atoms with Crippen molar-refractivity contribution in [3.63, 3.8) is 0 Å². The van der Waals surface area contributed by atoms with Crippen molar-refractivity contribution in [1.82, 2.24) is 24.5 Å². The number of rotatable bonds is 4. The first-order chi connectivity index (χ1) is 12.5. The fraction of sp³-hybridized carbons (Fsp3) is 0.250. The Kier molecular flexibility index (Phi) is 4.43. The number of hydrogen-bond acceptors (Lipinski definition) is 7. The van der Waals surface area contributed by atoms with Crippen molar-refractivity contribution in [3.05, 3.63) is 53.8 Å². The lowest BCUT2D eigenvalue weighted by molar-refractivity contribution is 0.439. The van der Waals surface area contributed by atoms with E-state index in [0.29, 0.717) is 29.6 Å². The second kappa shape index (κ2) is 6.75. The summed E-state index contributed by atoms with van der Waals surface area (Å²) in [6.45, 7) is 0.672. The average molecular weight is 392 g/mol. The van der Waals surface area contributed by atoms with Gasteiger partial charge in [0.05, 0.1) is 17.0 Å². The quantitative estimate of drug-likeness (QED) is 0.672. The maximum absolute atomic E-state index is 12.7. The van der Waals surface area contributed by atoms with Gasteiger partial charge in [0, 0.05) is 30.5 Å². The molecule has 0 amide bonds. The van der Waals surface area contributed by atoms with E-state index in [-0.39, 0.29) is 23.2 Å². The summed E-state index contributed by atoms with van der Waals surface area (Å²) in [5, 5.41) is 8.53. The lowest BCUT2D eigenvalue weighted by atomic mass is 10.1. The molecule has 8 nitrogen and oxygen atoms in total. The van der Waals surface area contributed by atoms with Crippen molar-refractivity contribution in [1.29, 1.82) is 0 Å². The van der Waals surface area contributed by atoms with Gasteiger partial charge in [-0.3, -0.25) is 4.98 Å². The molecule has 1 atom stereocenters. The van der Waals surface area contributed by atoms with Crippen LogP contribution >= 0.6 is 11.6 Å². The van der Waals surface area contributed by atoms with Gasteiger partial charge in [0.15, 0.2) is 0 Å². The van der Waals surface area contributed by atoms with E-state index in [9.17, 15) is 8.42 Å². The molecule has 3 aromatic rings. The fourth-order valence-electron chi connectivity index (χ4n) is 2.82. The van der Waals surface area contributed by atoms with E-state index < -0.39 is 10.0 Å². The molecule has 0 aliphatic carbocycles. The van der Waals surface area contributed by atoms with Crippen LogP contribution in [0.4, 0.5) is 0 Å². The molecule has 10 heteroatoms. The molecule has 0 spiro atoms. The van der Waals surface area contributed by atoms with Crippen molar-refractivity contribution in [2.45, 2.75) is 17.2 Å². The van der Waals surface area contributed by atoms with E-state index >= 15 is 0 Å². The zero-order valence-corrected chi connectivity index (χ0v) is 15.1. The fourth-order valence-corrected chi connectivity index (χ4v) is 4.44. The van der Waals surface area contributed by atoms with Crippen LogP contribution in [0.3, 0.4) is 0 Å². The number of benzene rings is 1. The summed E-state index contributed by atoms with van der Waals surface area (Å²) in [7, 11) is -3.58. The molecular formula is C16H14ClN5O3S. The number of nitrogens with zero attached hydrogens (tertiary/aromatic N) is 5. The van der Waals surface area contributed by atoms with Crippen LogP contribution in [-0.4, -0.2) is 46.0 Å². The number of aromatic nitrogens is 4. The van der Waals surface area contributed by atoms with Gasteiger partial charge in [-0.15, -0.1) is 10.2 Å². The molecular weight excluding hydrogens is 378 g/mol. The summed E-state index contributed by atoms with van der Waals surface area (Å²) in [5.74, 6) is 0.515. The minimum atomic E-state index is -3.58. The molecule has 1 saturated heterocycles. The van der Waals surface area contributed by atoms with Crippen molar-refractivity contribution < 1.29 is 12.8 Å². The van der Waals surface area contributed by atoms with Crippen LogP contribution < -0.4 is 0 Å². The Labute approximate surface area is 154 Å². The van der Waals surface area contributed by atoms with Crippen LogP contribution in [0.5, 0.6) is 0 Å². The largest absolute Gasteiger partial charge is 0.419 e. The smallest absolute Gasteiger partial charge is 0.267 e. The first-order valence-corrected chi connectivity index (χ1v) is 9.71. The second-order valence-electron chi connectivity index (χ2n) is 5.84.